The monoisotopic (exact) mass is 367 g/mol. The molecule has 0 aliphatic heterocycles. The van der Waals surface area contributed by atoms with Crippen molar-refractivity contribution in [2.24, 2.45) is 5.73 Å². The van der Waals surface area contributed by atoms with Crippen molar-refractivity contribution in [3.05, 3.63) is 59.7 Å². The van der Waals surface area contributed by atoms with Gasteiger partial charge in [0.15, 0.2) is 12.7 Å². The lowest BCUT2D eigenvalue weighted by molar-refractivity contribution is -0.155. The molecule has 0 aromatic heterocycles. The van der Waals surface area contributed by atoms with Crippen LogP contribution >= 0.6 is 0 Å². The maximum absolute atomic E-state index is 12.1. The van der Waals surface area contributed by atoms with Gasteiger partial charge in [0.25, 0.3) is 11.8 Å². The molecular formula is C19H17N3O5. The molecule has 3 N–H and O–H groups in total. The number of benzene rings is 2. The van der Waals surface area contributed by atoms with Crippen LogP contribution in [0.25, 0.3) is 0 Å². The van der Waals surface area contributed by atoms with Gasteiger partial charge in [-0.3, -0.25) is 9.59 Å². The Labute approximate surface area is 155 Å². The van der Waals surface area contributed by atoms with E-state index in [4.69, 9.17) is 20.5 Å². The van der Waals surface area contributed by atoms with Gasteiger partial charge in [0.05, 0.1) is 17.2 Å². The molecule has 0 aliphatic rings. The van der Waals surface area contributed by atoms with Gasteiger partial charge in [-0.05, 0) is 37.3 Å². The first-order valence-corrected chi connectivity index (χ1v) is 7.93. The van der Waals surface area contributed by atoms with E-state index in [2.05, 4.69) is 5.32 Å². The summed E-state index contributed by atoms with van der Waals surface area (Å²) >= 11 is 0. The Kier molecular flexibility index (Phi) is 6.49. The van der Waals surface area contributed by atoms with E-state index in [-0.39, 0.29) is 11.3 Å². The molecule has 2 aromatic rings. The minimum absolute atomic E-state index is 0.133. The molecular weight excluding hydrogens is 350 g/mol. The number of amides is 2. The van der Waals surface area contributed by atoms with E-state index < -0.39 is 30.5 Å². The number of carbonyl (C=O) groups is 3. The van der Waals surface area contributed by atoms with Gasteiger partial charge in [-0.15, -0.1) is 0 Å². The van der Waals surface area contributed by atoms with Crippen LogP contribution in [0.4, 0.5) is 5.69 Å². The third kappa shape index (κ3) is 5.57. The molecule has 0 radical (unpaired) electrons. The average Bonchev–Trinajstić information content (AvgIpc) is 2.66. The smallest absolute Gasteiger partial charge is 0.344 e. The lowest BCUT2D eigenvalue weighted by atomic mass is 10.2. The molecule has 27 heavy (non-hydrogen) atoms. The van der Waals surface area contributed by atoms with E-state index in [1.54, 1.807) is 30.3 Å². The summed E-state index contributed by atoms with van der Waals surface area (Å²) in [5.74, 6) is -1.89. The average molecular weight is 367 g/mol. The Balaban J connectivity index is 1.89. The van der Waals surface area contributed by atoms with Crippen molar-refractivity contribution in [3.63, 3.8) is 0 Å². The molecule has 0 fully saturated rings. The van der Waals surface area contributed by atoms with Crippen LogP contribution in [0.15, 0.2) is 48.5 Å². The number of nitrogens with two attached hydrogens (primary N) is 1. The second-order valence-electron chi connectivity index (χ2n) is 5.46. The number of esters is 1. The zero-order chi connectivity index (χ0) is 19.8. The van der Waals surface area contributed by atoms with Crippen molar-refractivity contribution < 1.29 is 23.9 Å². The highest BCUT2D eigenvalue weighted by atomic mass is 16.6. The summed E-state index contributed by atoms with van der Waals surface area (Å²) < 4.78 is 10.3. The molecule has 8 nitrogen and oxygen atoms in total. The Morgan fingerprint density at radius 3 is 2.63 bits per heavy atom. The van der Waals surface area contributed by atoms with E-state index in [1.165, 1.54) is 25.1 Å². The maximum atomic E-state index is 12.1. The van der Waals surface area contributed by atoms with Gasteiger partial charge in [0.1, 0.15) is 5.75 Å². The van der Waals surface area contributed by atoms with Crippen molar-refractivity contribution in [2.75, 3.05) is 11.9 Å². The van der Waals surface area contributed by atoms with E-state index in [1.807, 2.05) is 6.07 Å². The van der Waals surface area contributed by atoms with E-state index in [0.717, 1.165) is 0 Å². The summed E-state index contributed by atoms with van der Waals surface area (Å²) in [7, 11) is 0. The summed E-state index contributed by atoms with van der Waals surface area (Å²) in [5, 5.41) is 11.4. The number of anilines is 1. The normalized spacial score (nSPS) is 11.0. The Bertz CT molecular complexity index is 904. The molecule has 2 rings (SSSR count). The number of hydrogen-bond acceptors (Lipinski definition) is 6. The maximum Gasteiger partial charge on any atom is 0.344 e. The second kappa shape index (κ2) is 9.01. The molecule has 0 unspecified atom stereocenters. The first-order valence-electron chi connectivity index (χ1n) is 7.93. The highest BCUT2D eigenvalue weighted by molar-refractivity contribution is 5.96. The molecule has 2 aromatic carbocycles. The van der Waals surface area contributed by atoms with Gasteiger partial charge >= 0.3 is 5.97 Å². The largest absolute Gasteiger partial charge is 0.481 e. The molecule has 0 saturated carbocycles. The summed E-state index contributed by atoms with van der Waals surface area (Å²) in [4.78, 5) is 35.3. The molecule has 8 heteroatoms. The van der Waals surface area contributed by atoms with Gasteiger partial charge in [-0.1, -0.05) is 18.2 Å². The summed E-state index contributed by atoms with van der Waals surface area (Å²) in [5.41, 5.74) is 6.16. The highest BCUT2D eigenvalue weighted by Crippen LogP contribution is 2.17. The second-order valence-corrected chi connectivity index (χ2v) is 5.46. The van der Waals surface area contributed by atoms with Crippen molar-refractivity contribution in [1.29, 1.82) is 5.26 Å². The van der Waals surface area contributed by atoms with Crippen LogP contribution in [0.5, 0.6) is 5.75 Å². The Morgan fingerprint density at radius 2 is 1.93 bits per heavy atom. The van der Waals surface area contributed by atoms with E-state index in [9.17, 15) is 14.4 Å². The predicted molar refractivity (Wildman–Crippen MR) is 95.8 cm³/mol. The molecule has 0 spiro atoms. The fourth-order valence-electron chi connectivity index (χ4n) is 2.13. The minimum atomic E-state index is -1.08. The third-order valence-corrected chi connectivity index (χ3v) is 3.43. The molecule has 0 aliphatic carbocycles. The summed E-state index contributed by atoms with van der Waals surface area (Å²) in [6, 6.07) is 14.5. The van der Waals surface area contributed by atoms with Gasteiger partial charge in [0.2, 0.25) is 0 Å². The molecule has 0 bridgehead atoms. The zero-order valence-corrected chi connectivity index (χ0v) is 14.5. The number of nitriles is 1. The van der Waals surface area contributed by atoms with Gasteiger partial charge in [-0.2, -0.15) is 5.26 Å². The molecule has 0 saturated heterocycles. The topological polar surface area (TPSA) is 132 Å². The van der Waals surface area contributed by atoms with Crippen molar-refractivity contribution in [3.8, 4) is 11.8 Å². The Morgan fingerprint density at radius 1 is 1.19 bits per heavy atom. The van der Waals surface area contributed by atoms with E-state index >= 15 is 0 Å². The van der Waals surface area contributed by atoms with Gasteiger partial charge < -0.3 is 20.5 Å². The highest BCUT2D eigenvalue weighted by Gasteiger charge is 2.19. The molecule has 138 valence electrons. The fourth-order valence-corrected chi connectivity index (χ4v) is 2.13. The standard InChI is InChI=1S/C19H17N3O5/c1-12(19(25)22-14-6-4-5-13(9-14)10-20)27-17(23)11-26-16-8-3-2-7-15(16)18(21)24/h2-9,12H,11H2,1H3,(H2,21,24)(H,22,25)/t12-/m0/s1. The van der Waals surface area contributed by atoms with Crippen LogP contribution in [0.1, 0.15) is 22.8 Å². The number of carbonyl (C=O) groups excluding carboxylic acids is 3. The predicted octanol–water partition coefficient (Wildman–Crippen LogP) is 1.61. The SMILES string of the molecule is C[C@H](OC(=O)COc1ccccc1C(N)=O)C(=O)Nc1cccc(C#N)c1. The van der Waals surface area contributed by atoms with Crippen LogP contribution in [0, 0.1) is 11.3 Å². The van der Waals surface area contributed by atoms with Crippen LogP contribution in [0.3, 0.4) is 0 Å². The van der Waals surface area contributed by atoms with Crippen molar-refractivity contribution in [2.45, 2.75) is 13.0 Å². The number of nitrogens with one attached hydrogen (secondary N) is 1. The summed E-state index contributed by atoms with van der Waals surface area (Å²) in [6.45, 7) is 0.907. The summed E-state index contributed by atoms with van der Waals surface area (Å²) in [6.07, 6.45) is -1.08. The van der Waals surface area contributed by atoms with Crippen LogP contribution in [-0.2, 0) is 14.3 Å². The lowest BCUT2D eigenvalue weighted by Crippen LogP contribution is -2.31. The fraction of sp³-hybridized carbons (Fsp3) is 0.158. The van der Waals surface area contributed by atoms with Gasteiger partial charge in [-0.25, -0.2) is 4.79 Å². The van der Waals surface area contributed by atoms with Crippen molar-refractivity contribution in [1.82, 2.24) is 0 Å². The number of rotatable bonds is 7. The Hall–Kier alpha value is -3.86. The number of nitrogens with zero attached hydrogens (tertiary/aromatic N) is 1. The first-order chi connectivity index (χ1) is 12.9. The first kappa shape index (κ1) is 19.5. The van der Waals surface area contributed by atoms with Gasteiger partial charge in [0, 0.05) is 5.69 Å². The number of para-hydroxylation sites is 1. The van der Waals surface area contributed by atoms with Crippen molar-refractivity contribution >= 4 is 23.5 Å². The quantitative estimate of drug-likeness (QED) is 0.715. The molecule has 1 atom stereocenters. The number of hydrogen-bond donors (Lipinski definition) is 2. The van der Waals surface area contributed by atoms with Crippen LogP contribution < -0.4 is 15.8 Å². The number of ether oxygens (including phenoxy) is 2. The molecule has 2 amide bonds. The third-order valence-electron chi connectivity index (χ3n) is 3.43. The van der Waals surface area contributed by atoms with Crippen LogP contribution in [-0.4, -0.2) is 30.5 Å². The molecule has 0 heterocycles. The van der Waals surface area contributed by atoms with E-state index in [0.29, 0.717) is 11.3 Å². The zero-order valence-electron chi connectivity index (χ0n) is 14.5. The number of primary amides is 1. The minimum Gasteiger partial charge on any atom is -0.481 e. The van der Waals surface area contributed by atoms with Crippen LogP contribution in [0.2, 0.25) is 0 Å². The lowest BCUT2D eigenvalue weighted by Gasteiger charge is -2.14.